The van der Waals surface area contributed by atoms with Crippen molar-refractivity contribution in [1.29, 1.82) is 0 Å². The Balaban J connectivity index is 1.69. The first-order chi connectivity index (χ1) is 12.5. The molecule has 0 aliphatic carbocycles. The van der Waals surface area contributed by atoms with E-state index in [0.29, 0.717) is 28.3 Å². The zero-order valence-corrected chi connectivity index (χ0v) is 14.5. The van der Waals surface area contributed by atoms with Crippen LogP contribution in [-0.4, -0.2) is 30.6 Å². The minimum atomic E-state index is -0.307. The van der Waals surface area contributed by atoms with Crippen LogP contribution in [0.4, 0.5) is 5.82 Å². The van der Waals surface area contributed by atoms with Gasteiger partial charge in [-0.15, -0.1) is 0 Å². The molecule has 130 valence electrons. The number of carbonyl (C=O) groups is 1. The highest BCUT2D eigenvalue weighted by Crippen LogP contribution is 2.28. The Morgan fingerprint density at radius 3 is 2.73 bits per heavy atom. The second-order valence-corrected chi connectivity index (χ2v) is 5.91. The van der Waals surface area contributed by atoms with Crippen molar-refractivity contribution >= 4 is 22.8 Å². The van der Waals surface area contributed by atoms with Crippen molar-refractivity contribution < 1.29 is 9.21 Å². The van der Waals surface area contributed by atoms with E-state index >= 15 is 0 Å². The van der Waals surface area contributed by atoms with Gasteiger partial charge in [0.25, 0.3) is 5.91 Å². The molecule has 26 heavy (non-hydrogen) atoms. The van der Waals surface area contributed by atoms with E-state index in [1.807, 2.05) is 26.0 Å². The lowest BCUT2D eigenvalue weighted by Crippen LogP contribution is -2.17. The van der Waals surface area contributed by atoms with Gasteiger partial charge in [0.05, 0.1) is 11.1 Å². The van der Waals surface area contributed by atoms with E-state index < -0.39 is 0 Å². The zero-order chi connectivity index (χ0) is 18.3. The molecule has 1 N–H and O–H groups in total. The molecule has 8 heteroatoms. The zero-order valence-electron chi connectivity index (χ0n) is 14.5. The number of fused-ring (bicyclic) bond motifs is 1. The van der Waals surface area contributed by atoms with Crippen LogP contribution in [0.1, 0.15) is 21.8 Å². The second kappa shape index (κ2) is 6.07. The predicted octanol–water partition coefficient (Wildman–Crippen LogP) is 2.89. The number of nitrogens with one attached hydrogen (secondary N) is 1. The molecule has 0 aromatic carbocycles. The molecule has 0 saturated carbocycles. The Morgan fingerprint density at radius 1 is 1.19 bits per heavy atom. The summed E-state index contributed by atoms with van der Waals surface area (Å²) in [6.07, 6.45) is 4.74. The third-order valence-electron chi connectivity index (χ3n) is 4.29. The number of hydrogen-bond donors (Lipinski definition) is 1. The molecule has 4 aromatic heterocycles. The molecule has 0 bridgehead atoms. The van der Waals surface area contributed by atoms with Crippen LogP contribution in [0.3, 0.4) is 0 Å². The average Bonchev–Trinajstić information content (AvgIpc) is 3.17. The normalized spacial score (nSPS) is 11.0. The summed E-state index contributed by atoms with van der Waals surface area (Å²) < 4.78 is 7.13. The molecular formula is C18H16N6O2. The quantitative estimate of drug-likeness (QED) is 0.611. The van der Waals surface area contributed by atoms with Gasteiger partial charge in [-0.1, -0.05) is 0 Å². The minimum absolute atomic E-state index is 0.307. The van der Waals surface area contributed by atoms with Crippen molar-refractivity contribution in [2.45, 2.75) is 13.8 Å². The van der Waals surface area contributed by atoms with Gasteiger partial charge in [-0.05, 0) is 32.0 Å². The lowest BCUT2D eigenvalue weighted by molar-refractivity contribution is 0.101. The highest BCUT2D eigenvalue weighted by Gasteiger charge is 2.19. The Morgan fingerprint density at radius 2 is 1.96 bits per heavy atom. The van der Waals surface area contributed by atoms with Crippen LogP contribution in [0.2, 0.25) is 0 Å². The van der Waals surface area contributed by atoms with E-state index in [1.54, 1.807) is 25.5 Å². The first kappa shape index (κ1) is 15.9. The molecule has 4 heterocycles. The van der Waals surface area contributed by atoms with Crippen molar-refractivity contribution in [3.05, 3.63) is 53.9 Å². The molecule has 0 fully saturated rings. The predicted molar refractivity (Wildman–Crippen MR) is 95.7 cm³/mol. The SMILES string of the molecule is Cc1oc2ncnc(NC(=O)c3cc(-c4ccncc4)nn3C)c2c1C. The van der Waals surface area contributed by atoms with Gasteiger partial charge in [0, 0.05) is 30.6 Å². The number of carbonyl (C=O) groups excluding carboxylic acids is 1. The Kier molecular flexibility index (Phi) is 3.72. The maximum absolute atomic E-state index is 12.8. The molecule has 0 aliphatic heterocycles. The number of furan rings is 1. The average molecular weight is 348 g/mol. The van der Waals surface area contributed by atoms with Crippen LogP contribution >= 0.6 is 0 Å². The lowest BCUT2D eigenvalue weighted by Gasteiger charge is -2.05. The topological polar surface area (TPSA) is 98.7 Å². The van der Waals surface area contributed by atoms with Crippen molar-refractivity contribution in [2.75, 3.05) is 5.32 Å². The molecule has 1 amide bonds. The second-order valence-electron chi connectivity index (χ2n) is 5.91. The summed E-state index contributed by atoms with van der Waals surface area (Å²) in [6, 6.07) is 5.42. The number of aromatic nitrogens is 5. The lowest BCUT2D eigenvalue weighted by atomic mass is 10.2. The van der Waals surface area contributed by atoms with Gasteiger partial charge < -0.3 is 9.73 Å². The third-order valence-corrected chi connectivity index (χ3v) is 4.29. The van der Waals surface area contributed by atoms with Crippen LogP contribution in [-0.2, 0) is 7.05 Å². The smallest absolute Gasteiger partial charge is 0.275 e. The van der Waals surface area contributed by atoms with Gasteiger partial charge in [0.2, 0.25) is 5.71 Å². The fourth-order valence-electron chi connectivity index (χ4n) is 2.79. The monoisotopic (exact) mass is 348 g/mol. The highest BCUT2D eigenvalue weighted by molar-refractivity contribution is 6.07. The van der Waals surface area contributed by atoms with E-state index in [4.69, 9.17) is 4.42 Å². The number of rotatable bonds is 3. The largest absolute Gasteiger partial charge is 0.443 e. The third kappa shape index (κ3) is 2.61. The number of hydrogen-bond acceptors (Lipinski definition) is 6. The van der Waals surface area contributed by atoms with E-state index in [0.717, 1.165) is 16.9 Å². The molecule has 4 rings (SSSR count). The van der Waals surface area contributed by atoms with Gasteiger partial charge in [-0.3, -0.25) is 14.5 Å². The van der Waals surface area contributed by atoms with Crippen LogP contribution < -0.4 is 5.32 Å². The molecular weight excluding hydrogens is 332 g/mol. The number of amides is 1. The van der Waals surface area contributed by atoms with Crippen LogP contribution in [0, 0.1) is 13.8 Å². The molecule has 0 aliphatic rings. The standard InChI is InChI=1S/C18H16N6O2/c1-10-11(2)26-18-15(10)16(20-9-21-18)22-17(25)14-8-13(23-24(14)3)12-4-6-19-7-5-12/h4-9H,1-3H3,(H,20,21,22,25). The maximum Gasteiger partial charge on any atom is 0.275 e. The van der Waals surface area contributed by atoms with E-state index in [2.05, 4.69) is 25.4 Å². The number of nitrogens with zero attached hydrogens (tertiary/aromatic N) is 5. The molecule has 0 unspecified atom stereocenters. The van der Waals surface area contributed by atoms with Crippen LogP contribution in [0.25, 0.3) is 22.4 Å². The molecule has 0 radical (unpaired) electrons. The van der Waals surface area contributed by atoms with Gasteiger partial charge in [-0.2, -0.15) is 5.10 Å². The fourth-order valence-corrected chi connectivity index (χ4v) is 2.79. The summed E-state index contributed by atoms with van der Waals surface area (Å²) in [4.78, 5) is 25.1. The minimum Gasteiger partial charge on any atom is -0.443 e. The van der Waals surface area contributed by atoms with Gasteiger partial charge in [0.15, 0.2) is 0 Å². The molecule has 0 atom stereocenters. The van der Waals surface area contributed by atoms with E-state index in [9.17, 15) is 4.79 Å². The summed E-state index contributed by atoms with van der Waals surface area (Å²) in [7, 11) is 1.72. The maximum atomic E-state index is 12.8. The summed E-state index contributed by atoms with van der Waals surface area (Å²) in [6.45, 7) is 3.76. The van der Waals surface area contributed by atoms with Crippen LogP contribution in [0.5, 0.6) is 0 Å². The van der Waals surface area contributed by atoms with Gasteiger partial charge in [-0.25, -0.2) is 9.97 Å². The molecule has 0 saturated heterocycles. The number of pyridine rings is 1. The number of anilines is 1. The molecule has 8 nitrogen and oxygen atoms in total. The number of aryl methyl sites for hydroxylation is 3. The summed E-state index contributed by atoms with van der Waals surface area (Å²) in [5.41, 5.74) is 3.36. The summed E-state index contributed by atoms with van der Waals surface area (Å²) in [5.74, 6) is 0.857. The summed E-state index contributed by atoms with van der Waals surface area (Å²) >= 11 is 0. The van der Waals surface area contributed by atoms with Gasteiger partial charge in [0.1, 0.15) is 23.6 Å². The Labute approximate surface area is 148 Å². The van der Waals surface area contributed by atoms with Crippen molar-refractivity contribution in [2.24, 2.45) is 7.05 Å². The van der Waals surface area contributed by atoms with Crippen molar-refractivity contribution in [3.8, 4) is 11.3 Å². The van der Waals surface area contributed by atoms with E-state index in [1.165, 1.54) is 11.0 Å². The van der Waals surface area contributed by atoms with Crippen molar-refractivity contribution in [3.63, 3.8) is 0 Å². The van der Waals surface area contributed by atoms with Gasteiger partial charge >= 0.3 is 0 Å². The Hall–Kier alpha value is -3.55. The summed E-state index contributed by atoms with van der Waals surface area (Å²) in [5, 5.41) is 7.95. The highest BCUT2D eigenvalue weighted by atomic mass is 16.3. The first-order valence-electron chi connectivity index (χ1n) is 8.01. The van der Waals surface area contributed by atoms with Crippen molar-refractivity contribution in [1.82, 2.24) is 24.7 Å². The molecule has 0 spiro atoms. The van der Waals surface area contributed by atoms with Crippen LogP contribution in [0.15, 0.2) is 41.3 Å². The molecule has 4 aromatic rings. The van der Waals surface area contributed by atoms with E-state index in [-0.39, 0.29) is 5.91 Å². The first-order valence-corrected chi connectivity index (χ1v) is 8.01. The fraction of sp³-hybridized carbons (Fsp3) is 0.167. The Bertz CT molecular complexity index is 1110.